The predicted molar refractivity (Wildman–Crippen MR) is 55.0 cm³/mol. The number of urea groups is 1. The molecule has 0 bridgehead atoms. The van der Waals surface area contributed by atoms with Gasteiger partial charge in [0.05, 0.1) is 6.42 Å². The number of carbonyl (C=O) groups is 4. The summed E-state index contributed by atoms with van der Waals surface area (Å²) in [6, 6.07) is -0.525. The molecule has 1 fully saturated rings. The van der Waals surface area contributed by atoms with Crippen LogP contribution in [0.25, 0.3) is 0 Å². The lowest BCUT2D eigenvalue weighted by molar-refractivity contribution is -0.137. The molecule has 17 heavy (non-hydrogen) atoms. The van der Waals surface area contributed by atoms with Gasteiger partial charge >= 0.3 is 12.0 Å². The van der Waals surface area contributed by atoms with Gasteiger partial charge in [0.2, 0.25) is 5.91 Å². The molecule has 8 heteroatoms. The molecule has 0 aromatic heterocycles. The summed E-state index contributed by atoms with van der Waals surface area (Å²) in [5, 5.41) is 10.7. The van der Waals surface area contributed by atoms with Gasteiger partial charge in [0, 0.05) is 13.6 Å². The van der Waals surface area contributed by atoms with Crippen LogP contribution in [-0.4, -0.2) is 65.4 Å². The van der Waals surface area contributed by atoms with Gasteiger partial charge in [0.25, 0.3) is 5.91 Å². The number of aliphatic carboxylic acids is 1. The number of carboxylic acids is 1. The van der Waals surface area contributed by atoms with Crippen molar-refractivity contribution in [1.82, 2.24) is 15.1 Å². The van der Waals surface area contributed by atoms with Gasteiger partial charge in [-0.15, -0.1) is 0 Å². The summed E-state index contributed by atoms with van der Waals surface area (Å²) < 4.78 is 0. The van der Waals surface area contributed by atoms with E-state index in [2.05, 4.69) is 5.32 Å². The van der Waals surface area contributed by atoms with E-state index in [9.17, 15) is 19.2 Å². The van der Waals surface area contributed by atoms with Gasteiger partial charge in [-0.05, 0) is 0 Å². The minimum Gasteiger partial charge on any atom is -0.481 e. The Hall–Kier alpha value is -2.12. The monoisotopic (exact) mass is 243 g/mol. The minimum atomic E-state index is -1.03. The lowest BCUT2D eigenvalue weighted by atomic mass is 10.4. The highest BCUT2D eigenvalue weighted by atomic mass is 16.4. The molecule has 0 unspecified atom stereocenters. The maximum absolute atomic E-state index is 11.4. The molecule has 4 amide bonds. The lowest BCUT2D eigenvalue weighted by Gasteiger charge is -2.13. The van der Waals surface area contributed by atoms with Gasteiger partial charge in [-0.1, -0.05) is 0 Å². The van der Waals surface area contributed by atoms with E-state index in [1.807, 2.05) is 0 Å². The quantitative estimate of drug-likeness (QED) is 0.570. The van der Waals surface area contributed by atoms with Crippen LogP contribution in [-0.2, 0) is 14.4 Å². The fourth-order valence-electron chi connectivity index (χ4n) is 1.33. The molecule has 0 spiro atoms. The Morgan fingerprint density at radius 3 is 2.53 bits per heavy atom. The Morgan fingerprint density at radius 2 is 2.06 bits per heavy atom. The molecule has 0 atom stereocenters. The van der Waals surface area contributed by atoms with Crippen LogP contribution < -0.4 is 5.32 Å². The molecule has 0 aromatic carbocycles. The highest BCUT2D eigenvalue weighted by molar-refractivity contribution is 6.04. The molecule has 94 valence electrons. The summed E-state index contributed by atoms with van der Waals surface area (Å²) in [5.74, 6) is -2.02. The highest BCUT2D eigenvalue weighted by Gasteiger charge is 2.34. The van der Waals surface area contributed by atoms with Crippen molar-refractivity contribution in [2.75, 3.05) is 26.7 Å². The smallest absolute Gasteiger partial charge is 0.327 e. The summed E-state index contributed by atoms with van der Waals surface area (Å²) in [6.45, 7) is -0.441. The van der Waals surface area contributed by atoms with Crippen molar-refractivity contribution in [3.63, 3.8) is 0 Å². The van der Waals surface area contributed by atoms with Crippen LogP contribution in [0.4, 0.5) is 4.79 Å². The van der Waals surface area contributed by atoms with E-state index in [0.717, 1.165) is 4.90 Å². The topological polar surface area (TPSA) is 107 Å². The number of imide groups is 1. The van der Waals surface area contributed by atoms with Crippen molar-refractivity contribution in [2.24, 2.45) is 0 Å². The van der Waals surface area contributed by atoms with Crippen LogP contribution in [0.3, 0.4) is 0 Å². The second kappa shape index (κ2) is 5.28. The van der Waals surface area contributed by atoms with E-state index >= 15 is 0 Å². The summed E-state index contributed by atoms with van der Waals surface area (Å²) in [6.07, 6.45) is -0.201. The van der Waals surface area contributed by atoms with Crippen molar-refractivity contribution in [3.8, 4) is 0 Å². The van der Waals surface area contributed by atoms with Crippen LogP contribution in [0.2, 0.25) is 0 Å². The molecule has 2 N–H and O–H groups in total. The molecule has 1 aliphatic rings. The summed E-state index contributed by atoms with van der Waals surface area (Å²) in [4.78, 5) is 46.2. The Kier molecular flexibility index (Phi) is 4.02. The number of likely N-dealkylation sites (N-methyl/N-ethyl adjacent to an activating group) is 1. The molecule has 8 nitrogen and oxygen atoms in total. The normalized spacial score (nSPS) is 15.4. The van der Waals surface area contributed by atoms with Crippen LogP contribution in [0.5, 0.6) is 0 Å². The zero-order chi connectivity index (χ0) is 13.0. The largest absolute Gasteiger partial charge is 0.481 e. The molecule has 1 saturated heterocycles. The lowest BCUT2D eigenvalue weighted by Crippen LogP contribution is -2.41. The first-order valence-corrected chi connectivity index (χ1v) is 4.95. The van der Waals surface area contributed by atoms with E-state index in [0.29, 0.717) is 0 Å². The molecular formula is C9H13N3O5. The third-order valence-corrected chi connectivity index (χ3v) is 2.19. The van der Waals surface area contributed by atoms with Gasteiger partial charge in [-0.2, -0.15) is 0 Å². The van der Waals surface area contributed by atoms with E-state index in [4.69, 9.17) is 5.11 Å². The number of nitrogens with zero attached hydrogens (tertiary/aromatic N) is 2. The highest BCUT2D eigenvalue weighted by Crippen LogP contribution is 2.06. The van der Waals surface area contributed by atoms with Crippen molar-refractivity contribution in [1.29, 1.82) is 0 Å². The second-order valence-electron chi connectivity index (χ2n) is 3.61. The maximum Gasteiger partial charge on any atom is 0.327 e. The Morgan fingerprint density at radius 1 is 1.41 bits per heavy atom. The fourth-order valence-corrected chi connectivity index (χ4v) is 1.33. The van der Waals surface area contributed by atoms with Gasteiger partial charge in [0.15, 0.2) is 0 Å². The van der Waals surface area contributed by atoms with Crippen LogP contribution in [0.1, 0.15) is 6.42 Å². The number of hydrogen-bond donors (Lipinski definition) is 2. The Bertz CT molecular complexity index is 368. The zero-order valence-electron chi connectivity index (χ0n) is 9.30. The number of rotatable bonds is 5. The summed E-state index contributed by atoms with van der Waals surface area (Å²) in [5.41, 5.74) is 0. The SMILES string of the molecule is CN1CC(=O)N(CC(=O)NCCC(=O)O)C1=O. The number of hydrogen-bond acceptors (Lipinski definition) is 4. The van der Waals surface area contributed by atoms with Crippen LogP contribution in [0, 0.1) is 0 Å². The van der Waals surface area contributed by atoms with Crippen LogP contribution >= 0.6 is 0 Å². The van der Waals surface area contributed by atoms with E-state index in [1.165, 1.54) is 11.9 Å². The average Bonchev–Trinajstić information content (AvgIpc) is 2.44. The first-order valence-electron chi connectivity index (χ1n) is 4.95. The first-order chi connectivity index (χ1) is 7.91. The number of carbonyl (C=O) groups excluding carboxylic acids is 3. The number of carboxylic acid groups (broad SMARTS) is 1. The van der Waals surface area contributed by atoms with Gasteiger partial charge in [0.1, 0.15) is 13.1 Å². The van der Waals surface area contributed by atoms with Crippen molar-refractivity contribution in [2.45, 2.75) is 6.42 Å². The second-order valence-corrected chi connectivity index (χ2v) is 3.61. The molecule has 0 saturated carbocycles. The third-order valence-electron chi connectivity index (χ3n) is 2.19. The standard InChI is InChI=1S/C9H13N3O5/c1-11-5-7(14)12(9(11)17)4-6(13)10-3-2-8(15)16/h2-5H2,1H3,(H,10,13)(H,15,16). The molecule has 0 aromatic rings. The zero-order valence-corrected chi connectivity index (χ0v) is 9.30. The minimum absolute atomic E-state index is 0.0276. The van der Waals surface area contributed by atoms with Gasteiger partial charge < -0.3 is 15.3 Å². The average molecular weight is 243 g/mol. The summed E-state index contributed by atoms with van der Waals surface area (Å²) >= 11 is 0. The third kappa shape index (κ3) is 3.44. The van der Waals surface area contributed by atoms with Crippen molar-refractivity contribution in [3.05, 3.63) is 0 Å². The maximum atomic E-state index is 11.4. The molecule has 1 heterocycles. The first kappa shape index (κ1) is 12.9. The van der Waals surface area contributed by atoms with Crippen LogP contribution in [0.15, 0.2) is 0 Å². The Balaban J connectivity index is 2.38. The van der Waals surface area contributed by atoms with Crippen molar-refractivity contribution < 1.29 is 24.3 Å². The fraction of sp³-hybridized carbons (Fsp3) is 0.556. The van der Waals surface area contributed by atoms with Crippen molar-refractivity contribution >= 4 is 23.8 Å². The Labute approximate surface area is 97.2 Å². The summed E-state index contributed by atoms with van der Waals surface area (Å²) in [7, 11) is 1.46. The molecular weight excluding hydrogens is 230 g/mol. The predicted octanol–water partition coefficient (Wildman–Crippen LogP) is -1.53. The van der Waals surface area contributed by atoms with E-state index < -0.39 is 23.8 Å². The van der Waals surface area contributed by atoms with E-state index in [1.54, 1.807) is 0 Å². The molecule has 1 aliphatic heterocycles. The van der Waals surface area contributed by atoms with E-state index in [-0.39, 0.29) is 26.1 Å². The molecule has 0 radical (unpaired) electrons. The molecule has 1 rings (SSSR count). The number of amides is 4. The number of nitrogens with one attached hydrogen (secondary N) is 1. The molecule has 0 aliphatic carbocycles. The van der Waals surface area contributed by atoms with Gasteiger partial charge in [-0.3, -0.25) is 19.3 Å². The van der Waals surface area contributed by atoms with Gasteiger partial charge in [-0.25, -0.2) is 4.79 Å².